The summed E-state index contributed by atoms with van der Waals surface area (Å²) in [4.78, 5) is 10.6. The van der Waals surface area contributed by atoms with Gasteiger partial charge in [-0.1, -0.05) is 12.1 Å². The highest BCUT2D eigenvalue weighted by atomic mass is 127. The van der Waals surface area contributed by atoms with Gasteiger partial charge in [0.05, 0.1) is 0 Å². The van der Waals surface area contributed by atoms with E-state index in [1.807, 2.05) is 36.5 Å². The first-order chi connectivity index (χ1) is 7.66. The summed E-state index contributed by atoms with van der Waals surface area (Å²) in [7, 11) is 1.97. The second-order valence-electron chi connectivity index (χ2n) is 3.60. The predicted octanol–water partition coefficient (Wildman–Crippen LogP) is 3.16. The first-order valence-corrected chi connectivity index (χ1v) is 6.02. The van der Waals surface area contributed by atoms with Crippen LogP contribution in [0.4, 0.5) is 11.6 Å². The first-order valence-electron chi connectivity index (χ1n) is 4.95. The molecule has 16 heavy (non-hydrogen) atoms. The number of rotatable bonds is 2. The van der Waals surface area contributed by atoms with Crippen LogP contribution in [0.1, 0.15) is 5.56 Å². The van der Waals surface area contributed by atoms with Gasteiger partial charge in [0, 0.05) is 28.7 Å². The second kappa shape index (κ2) is 4.78. The topological polar surface area (TPSA) is 29.0 Å². The Morgan fingerprint density at radius 1 is 1.19 bits per heavy atom. The van der Waals surface area contributed by atoms with E-state index < -0.39 is 0 Å². The van der Waals surface area contributed by atoms with E-state index in [1.165, 1.54) is 5.56 Å². The lowest BCUT2D eigenvalue weighted by atomic mass is 10.2. The molecular formula is C12H12IN3. The smallest absolute Gasteiger partial charge is 0.229 e. The minimum Gasteiger partial charge on any atom is -0.314 e. The standard InChI is InChI=1S/C12H12IN3/c1-9-4-3-5-11(6-9)16(2)12-14-7-10(13)8-15-12/h3-8H,1-2H3. The van der Waals surface area contributed by atoms with E-state index in [4.69, 9.17) is 0 Å². The molecule has 0 unspecified atom stereocenters. The van der Waals surface area contributed by atoms with Crippen LogP contribution in [0.25, 0.3) is 0 Å². The molecule has 2 aromatic rings. The van der Waals surface area contributed by atoms with Crippen molar-refractivity contribution in [1.29, 1.82) is 0 Å². The van der Waals surface area contributed by atoms with E-state index in [9.17, 15) is 0 Å². The predicted molar refractivity (Wildman–Crippen MR) is 74.0 cm³/mol. The molecule has 0 spiro atoms. The molecule has 0 saturated heterocycles. The highest BCUT2D eigenvalue weighted by molar-refractivity contribution is 14.1. The van der Waals surface area contributed by atoms with Crippen LogP contribution in [-0.2, 0) is 0 Å². The number of aryl methyl sites for hydroxylation is 1. The number of nitrogens with zero attached hydrogens (tertiary/aromatic N) is 3. The molecule has 2 rings (SSSR count). The van der Waals surface area contributed by atoms with Gasteiger partial charge in [-0.2, -0.15) is 0 Å². The molecule has 0 aliphatic rings. The second-order valence-corrected chi connectivity index (χ2v) is 4.84. The number of hydrogen-bond donors (Lipinski definition) is 0. The van der Waals surface area contributed by atoms with Crippen LogP contribution >= 0.6 is 22.6 Å². The molecule has 1 heterocycles. The van der Waals surface area contributed by atoms with Gasteiger partial charge in [0.25, 0.3) is 0 Å². The van der Waals surface area contributed by atoms with Gasteiger partial charge in [0.15, 0.2) is 0 Å². The summed E-state index contributed by atoms with van der Waals surface area (Å²) >= 11 is 2.20. The van der Waals surface area contributed by atoms with Crippen molar-refractivity contribution in [3.63, 3.8) is 0 Å². The summed E-state index contributed by atoms with van der Waals surface area (Å²) in [5.41, 5.74) is 2.33. The lowest BCUT2D eigenvalue weighted by molar-refractivity contribution is 1.03. The summed E-state index contributed by atoms with van der Waals surface area (Å²) in [6.45, 7) is 2.08. The highest BCUT2D eigenvalue weighted by Gasteiger charge is 2.06. The molecule has 0 bridgehead atoms. The Labute approximate surface area is 109 Å². The van der Waals surface area contributed by atoms with Crippen molar-refractivity contribution in [2.75, 3.05) is 11.9 Å². The van der Waals surface area contributed by atoms with E-state index in [-0.39, 0.29) is 0 Å². The van der Waals surface area contributed by atoms with Crippen molar-refractivity contribution in [3.05, 3.63) is 45.8 Å². The van der Waals surface area contributed by atoms with Gasteiger partial charge in [0.1, 0.15) is 0 Å². The maximum Gasteiger partial charge on any atom is 0.229 e. The average molecular weight is 325 g/mol. The Bertz CT molecular complexity index is 482. The van der Waals surface area contributed by atoms with Gasteiger partial charge >= 0.3 is 0 Å². The van der Waals surface area contributed by atoms with Crippen molar-refractivity contribution in [2.45, 2.75) is 6.92 Å². The molecule has 0 N–H and O–H groups in total. The summed E-state index contributed by atoms with van der Waals surface area (Å²) in [6.07, 6.45) is 3.63. The van der Waals surface area contributed by atoms with Gasteiger partial charge in [-0.05, 0) is 47.2 Å². The zero-order valence-electron chi connectivity index (χ0n) is 9.18. The maximum absolute atomic E-state index is 4.29. The normalized spacial score (nSPS) is 10.2. The molecule has 0 atom stereocenters. The quantitative estimate of drug-likeness (QED) is 0.794. The minimum atomic E-state index is 0.714. The highest BCUT2D eigenvalue weighted by Crippen LogP contribution is 2.20. The molecule has 0 radical (unpaired) electrons. The molecule has 3 nitrogen and oxygen atoms in total. The Balaban J connectivity index is 2.31. The number of hydrogen-bond acceptors (Lipinski definition) is 3. The largest absolute Gasteiger partial charge is 0.314 e. The van der Waals surface area contributed by atoms with Crippen LogP contribution in [0.5, 0.6) is 0 Å². The number of anilines is 2. The van der Waals surface area contributed by atoms with Crippen molar-refractivity contribution < 1.29 is 0 Å². The van der Waals surface area contributed by atoms with Crippen LogP contribution in [0.15, 0.2) is 36.7 Å². The summed E-state index contributed by atoms with van der Waals surface area (Å²) in [6, 6.07) is 8.27. The van der Waals surface area contributed by atoms with E-state index >= 15 is 0 Å². The monoisotopic (exact) mass is 325 g/mol. The summed E-state index contributed by atoms with van der Waals surface area (Å²) < 4.78 is 1.04. The van der Waals surface area contributed by atoms with E-state index in [1.54, 1.807) is 0 Å². The molecule has 0 amide bonds. The van der Waals surface area contributed by atoms with Crippen molar-refractivity contribution in [3.8, 4) is 0 Å². The average Bonchev–Trinajstić information content (AvgIpc) is 2.29. The molecule has 82 valence electrons. The first kappa shape index (κ1) is 11.3. The fourth-order valence-electron chi connectivity index (χ4n) is 1.43. The van der Waals surface area contributed by atoms with Crippen LogP contribution < -0.4 is 4.90 Å². The van der Waals surface area contributed by atoms with Crippen molar-refractivity contribution in [2.24, 2.45) is 0 Å². The Morgan fingerprint density at radius 2 is 1.88 bits per heavy atom. The molecule has 0 aliphatic carbocycles. The summed E-state index contributed by atoms with van der Waals surface area (Å²) in [5.74, 6) is 0.714. The molecular weight excluding hydrogens is 313 g/mol. The fourth-order valence-corrected chi connectivity index (χ4v) is 1.71. The molecule has 0 aliphatic heterocycles. The van der Waals surface area contributed by atoms with Crippen LogP contribution in [0, 0.1) is 10.5 Å². The minimum absolute atomic E-state index is 0.714. The number of benzene rings is 1. The third-order valence-corrected chi connectivity index (χ3v) is 2.85. The van der Waals surface area contributed by atoms with Crippen molar-refractivity contribution >= 4 is 34.2 Å². The van der Waals surface area contributed by atoms with Gasteiger partial charge < -0.3 is 4.90 Å². The summed E-state index contributed by atoms with van der Waals surface area (Å²) in [5, 5.41) is 0. The number of aromatic nitrogens is 2. The molecule has 1 aromatic heterocycles. The van der Waals surface area contributed by atoms with E-state index in [0.717, 1.165) is 9.26 Å². The van der Waals surface area contributed by atoms with Gasteiger partial charge in [-0.15, -0.1) is 0 Å². The zero-order chi connectivity index (χ0) is 11.5. The third kappa shape index (κ3) is 2.49. The van der Waals surface area contributed by atoms with Crippen LogP contribution in [-0.4, -0.2) is 17.0 Å². The zero-order valence-corrected chi connectivity index (χ0v) is 11.3. The molecule has 4 heteroatoms. The Kier molecular flexibility index (Phi) is 3.38. The molecule has 0 saturated carbocycles. The maximum atomic E-state index is 4.29. The fraction of sp³-hybridized carbons (Fsp3) is 0.167. The Hall–Kier alpha value is -1.17. The third-order valence-electron chi connectivity index (χ3n) is 2.30. The lowest BCUT2D eigenvalue weighted by Crippen LogP contribution is -2.12. The van der Waals surface area contributed by atoms with Crippen LogP contribution in [0.2, 0.25) is 0 Å². The number of halogens is 1. The van der Waals surface area contributed by atoms with E-state index in [2.05, 4.69) is 51.6 Å². The van der Waals surface area contributed by atoms with E-state index in [0.29, 0.717) is 5.95 Å². The van der Waals surface area contributed by atoms with Crippen LogP contribution in [0.3, 0.4) is 0 Å². The Morgan fingerprint density at radius 3 is 2.50 bits per heavy atom. The SMILES string of the molecule is Cc1cccc(N(C)c2ncc(I)cn2)c1. The molecule has 0 fully saturated rings. The van der Waals surface area contributed by atoms with Gasteiger partial charge in [-0.25, -0.2) is 9.97 Å². The van der Waals surface area contributed by atoms with Gasteiger partial charge in [0.2, 0.25) is 5.95 Å². The molecule has 1 aromatic carbocycles. The lowest BCUT2D eigenvalue weighted by Gasteiger charge is -2.17. The van der Waals surface area contributed by atoms with Crippen molar-refractivity contribution in [1.82, 2.24) is 9.97 Å². The van der Waals surface area contributed by atoms with Gasteiger partial charge in [-0.3, -0.25) is 0 Å².